The predicted molar refractivity (Wildman–Crippen MR) is 92.9 cm³/mol. The number of benzene rings is 2. The van der Waals surface area contributed by atoms with Crippen molar-refractivity contribution < 1.29 is 9.90 Å². The summed E-state index contributed by atoms with van der Waals surface area (Å²) >= 11 is 9.94. The number of phenols is 1. The van der Waals surface area contributed by atoms with Crippen molar-refractivity contribution in [2.75, 3.05) is 5.32 Å². The summed E-state index contributed by atoms with van der Waals surface area (Å²) in [5, 5.41) is 13.2. The van der Waals surface area contributed by atoms with Crippen molar-refractivity contribution in [1.29, 1.82) is 0 Å². The van der Waals surface area contributed by atoms with Gasteiger partial charge in [0, 0.05) is 14.3 Å². The van der Waals surface area contributed by atoms with E-state index >= 15 is 0 Å². The molecule has 0 fully saturated rings. The quantitative estimate of drug-likeness (QED) is 0.598. The molecule has 1 amide bonds. The van der Waals surface area contributed by atoms with E-state index in [1.807, 2.05) is 22.6 Å². The molecule has 2 N–H and O–H groups in total. The fraction of sp³-hybridized carbons (Fsp3) is 0. The number of amides is 1. The van der Waals surface area contributed by atoms with Crippen LogP contribution < -0.4 is 5.32 Å². The molecule has 0 saturated carbocycles. The van der Waals surface area contributed by atoms with Crippen molar-refractivity contribution in [2.24, 2.45) is 0 Å². The first-order valence-corrected chi connectivity index (χ1v) is 7.76. The van der Waals surface area contributed by atoms with Crippen molar-refractivity contribution in [3.05, 3.63) is 54.1 Å². The van der Waals surface area contributed by atoms with Crippen LogP contribution in [0.4, 0.5) is 5.69 Å². The largest absolute Gasteiger partial charge is 0.506 e. The van der Waals surface area contributed by atoms with Gasteiger partial charge in [0.15, 0.2) is 0 Å². The third kappa shape index (κ3) is 3.73. The second-order valence-corrected chi connectivity index (χ2v) is 6.59. The van der Waals surface area contributed by atoms with Crippen LogP contribution in [0.3, 0.4) is 0 Å². The lowest BCUT2D eigenvalue weighted by Gasteiger charge is -2.09. The highest BCUT2D eigenvalue weighted by Crippen LogP contribution is 2.28. The number of carbonyl (C=O) groups is 1. The fourth-order valence-electron chi connectivity index (χ4n) is 1.50. The molecule has 2 aromatic rings. The summed E-state index contributed by atoms with van der Waals surface area (Å²) in [6, 6.07) is 10.3. The van der Waals surface area contributed by atoms with Crippen molar-refractivity contribution >= 4 is 68.4 Å². The Morgan fingerprint density at radius 1 is 1.21 bits per heavy atom. The van der Waals surface area contributed by atoms with Crippen LogP contribution in [0.1, 0.15) is 10.4 Å². The van der Waals surface area contributed by atoms with Gasteiger partial charge in [-0.05, 0) is 75.5 Å². The van der Waals surface area contributed by atoms with Crippen molar-refractivity contribution in [1.82, 2.24) is 0 Å². The summed E-state index contributed by atoms with van der Waals surface area (Å²) in [6.07, 6.45) is 0. The van der Waals surface area contributed by atoms with Crippen molar-refractivity contribution in [3.63, 3.8) is 0 Å². The molecule has 0 aliphatic carbocycles. The summed E-state index contributed by atoms with van der Waals surface area (Å²) in [6.45, 7) is 0. The Morgan fingerprint density at radius 3 is 2.63 bits per heavy atom. The number of anilines is 1. The van der Waals surface area contributed by atoms with Gasteiger partial charge in [-0.1, -0.05) is 17.7 Å². The third-order valence-corrected chi connectivity index (χ3v) is 4.04. The Hall–Kier alpha value is -0.540. The number of phenolic OH excluding ortho intramolecular Hbond substituents is 1. The molecule has 0 unspecified atom stereocenters. The number of rotatable bonds is 2. The standard InChI is InChI=1S/C13H8ClI2NO2/c14-7-2-1-3-9(4-7)17-13(19)10-5-8(15)6-11(16)12(10)18/h1-6,18H,(H,17,19). The monoisotopic (exact) mass is 499 g/mol. The molecule has 0 radical (unpaired) electrons. The molecule has 6 heteroatoms. The predicted octanol–water partition coefficient (Wildman–Crippen LogP) is 4.51. The Bertz CT molecular complexity index is 647. The number of carbonyl (C=O) groups excluding carboxylic acids is 1. The molecule has 2 aromatic carbocycles. The van der Waals surface area contributed by atoms with Crippen LogP contribution in [0.15, 0.2) is 36.4 Å². The van der Waals surface area contributed by atoms with E-state index in [1.54, 1.807) is 36.4 Å². The Balaban J connectivity index is 2.30. The van der Waals surface area contributed by atoms with Crippen LogP contribution in [0.2, 0.25) is 5.02 Å². The maximum Gasteiger partial charge on any atom is 0.259 e. The smallest absolute Gasteiger partial charge is 0.259 e. The SMILES string of the molecule is O=C(Nc1cccc(Cl)c1)c1cc(I)cc(I)c1O. The number of halogens is 3. The van der Waals surface area contributed by atoms with Gasteiger partial charge in [0.05, 0.1) is 9.13 Å². The molecule has 0 atom stereocenters. The number of hydrogen-bond acceptors (Lipinski definition) is 2. The van der Waals surface area contributed by atoms with Crippen molar-refractivity contribution in [3.8, 4) is 5.75 Å². The second-order valence-electron chi connectivity index (χ2n) is 3.75. The van der Waals surface area contributed by atoms with Gasteiger partial charge in [-0.25, -0.2) is 0 Å². The third-order valence-electron chi connectivity index (χ3n) is 2.36. The van der Waals surface area contributed by atoms with Gasteiger partial charge in [0.25, 0.3) is 5.91 Å². The fourth-order valence-corrected chi connectivity index (χ4v) is 3.54. The lowest BCUT2D eigenvalue weighted by molar-refractivity contribution is 0.102. The Morgan fingerprint density at radius 2 is 1.95 bits per heavy atom. The number of hydrogen-bond donors (Lipinski definition) is 2. The van der Waals surface area contributed by atoms with Crippen molar-refractivity contribution in [2.45, 2.75) is 0 Å². The van der Waals surface area contributed by atoms with E-state index in [9.17, 15) is 9.90 Å². The highest BCUT2D eigenvalue weighted by atomic mass is 127. The summed E-state index contributed by atoms with van der Waals surface area (Å²) in [4.78, 5) is 12.1. The maximum absolute atomic E-state index is 12.1. The number of aromatic hydroxyl groups is 1. The lowest BCUT2D eigenvalue weighted by atomic mass is 10.2. The topological polar surface area (TPSA) is 49.3 Å². The first-order valence-electron chi connectivity index (χ1n) is 5.22. The molecule has 3 nitrogen and oxygen atoms in total. The zero-order valence-electron chi connectivity index (χ0n) is 9.45. The molecule has 0 bridgehead atoms. The summed E-state index contributed by atoms with van der Waals surface area (Å²) < 4.78 is 1.52. The molecule has 0 aliphatic heterocycles. The molecule has 19 heavy (non-hydrogen) atoms. The summed E-state index contributed by atoms with van der Waals surface area (Å²) in [7, 11) is 0. The highest BCUT2D eigenvalue weighted by molar-refractivity contribution is 14.1. The molecule has 0 spiro atoms. The van der Waals surface area contributed by atoms with Gasteiger partial charge in [-0.3, -0.25) is 4.79 Å². The molecule has 0 saturated heterocycles. The van der Waals surface area contributed by atoms with Gasteiger partial charge < -0.3 is 10.4 Å². The van der Waals surface area contributed by atoms with E-state index in [1.165, 1.54) is 0 Å². The molecular formula is C13H8ClI2NO2. The van der Waals surface area contributed by atoms with Gasteiger partial charge in [-0.2, -0.15) is 0 Å². The Labute approximate surface area is 142 Å². The minimum absolute atomic E-state index is 0.0134. The van der Waals surface area contributed by atoms with E-state index in [2.05, 4.69) is 27.9 Å². The van der Waals surface area contributed by atoms with E-state index in [0.717, 1.165) is 3.57 Å². The van der Waals surface area contributed by atoms with E-state index in [4.69, 9.17) is 11.6 Å². The summed E-state index contributed by atoms with van der Waals surface area (Å²) in [5.74, 6) is -0.378. The van der Waals surface area contributed by atoms with Crippen LogP contribution >= 0.6 is 56.8 Å². The van der Waals surface area contributed by atoms with Crippen LogP contribution in [0.5, 0.6) is 5.75 Å². The minimum atomic E-state index is -0.365. The zero-order valence-corrected chi connectivity index (χ0v) is 14.5. The molecule has 98 valence electrons. The van der Waals surface area contributed by atoms with Crippen LogP contribution in [0, 0.1) is 7.14 Å². The van der Waals surface area contributed by atoms with Gasteiger partial charge in [-0.15, -0.1) is 0 Å². The molecule has 0 aromatic heterocycles. The number of nitrogens with one attached hydrogen (secondary N) is 1. The van der Waals surface area contributed by atoms with Gasteiger partial charge >= 0.3 is 0 Å². The molecule has 0 aliphatic rings. The van der Waals surface area contributed by atoms with Crippen LogP contribution in [-0.2, 0) is 0 Å². The first-order chi connectivity index (χ1) is 8.97. The average Bonchev–Trinajstić information content (AvgIpc) is 2.33. The minimum Gasteiger partial charge on any atom is -0.506 e. The maximum atomic E-state index is 12.1. The van der Waals surface area contributed by atoms with Gasteiger partial charge in [0.1, 0.15) is 5.75 Å². The molecule has 0 heterocycles. The second kappa shape index (κ2) is 6.27. The molecule has 2 rings (SSSR count). The average molecular weight is 499 g/mol. The van der Waals surface area contributed by atoms with E-state index in [0.29, 0.717) is 14.3 Å². The molecular weight excluding hydrogens is 491 g/mol. The Kier molecular flexibility index (Phi) is 4.91. The van der Waals surface area contributed by atoms with Crippen LogP contribution in [0.25, 0.3) is 0 Å². The zero-order chi connectivity index (χ0) is 14.0. The summed E-state index contributed by atoms with van der Waals surface area (Å²) in [5.41, 5.74) is 0.835. The lowest BCUT2D eigenvalue weighted by Crippen LogP contribution is -2.12. The highest BCUT2D eigenvalue weighted by Gasteiger charge is 2.15. The normalized spacial score (nSPS) is 10.3. The van der Waals surface area contributed by atoms with Crippen LogP contribution in [-0.4, -0.2) is 11.0 Å². The first kappa shape index (κ1) is 14.9. The van der Waals surface area contributed by atoms with Gasteiger partial charge in [0.2, 0.25) is 0 Å². The van der Waals surface area contributed by atoms with E-state index < -0.39 is 0 Å². The van der Waals surface area contributed by atoms with E-state index in [-0.39, 0.29) is 17.2 Å².